The smallest absolute Gasteiger partial charge is 0.379 e. The molecule has 1 fully saturated rings. The zero-order valence-electron chi connectivity index (χ0n) is 16.8. The van der Waals surface area contributed by atoms with E-state index in [9.17, 15) is 23.1 Å². The molecule has 1 aromatic heterocycles. The average Bonchev–Trinajstić information content (AvgIpc) is 3.54. The summed E-state index contributed by atoms with van der Waals surface area (Å²) in [6.07, 6.45) is -4.46. The highest BCUT2D eigenvalue weighted by molar-refractivity contribution is 5.96. The van der Waals surface area contributed by atoms with Gasteiger partial charge in [-0.05, 0) is 60.7 Å². The molecule has 1 unspecified atom stereocenters. The summed E-state index contributed by atoms with van der Waals surface area (Å²) in [5, 5.41) is 12.8. The molecule has 1 aliphatic rings. The Labute approximate surface area is 177 Å². The van der Waals surface area contributed by atoms with Crippen LogP contribution in [0.1, 0.15) is 46.0 Å². The van der Waals surface area contributed by atoms with Crippen LogP contribution >= 0.6 is 0 Å². The second-order valence-corrected chi connectivity index (χ2v) is 7.91. The topological polar surface area (TPSA) is 62.2 Å². The summed E-state index contributed by atoms with van der Waals surface area (Å²) in [5.41, 5.74) is 1.72. The van der Waals surface area contributed by atoms with Crippen LogP contribution in [0.5, 0.6) is 0 Å². The summed E-state index contributed by atoms with van der Waals surface area (Å²) in [5.74, 6) is -0.495. The number of aryl methyl sites for hydroxylation is 1. The number of amides is 1. The van der Waals surface area contributed by atoms with E-state index < -0.39 is 29.3 Å². The monoisotopic (exact) mass is 426 g/mol. The number of carbonyl (C=O) groups excluding carboxylic acids is 1. The molecule has 0 radical (unpaired) electrons. The predicted molar refractivity (Wildman–Crippen MR) is 110 cm³/mol. The number of halogens is 3. The van der Waals surface area contributed by atoms with Crippen LogP contribution in [0.2, 0.25) is 0 Å². The molecule has 160 valence electrons. The first-order valence-electron chi connectivity index (χ1n) is 9.89. The molecule has 1 amide bonds. The lowest BCUT2D eigenvalue weighted by Gasteiger charge is -2.20. The Morgan fingerprint density at radius 3 is 2.39 bits per heavy atom. The molecule has 0 bridgehead atoms. The van der Waals surface area contributed by atoms with Gasteiger partial charge in [-0.2, -0.15) is 13.2 Å². The van der Waals surface area contributed by atoms with Crippen LogP contribution in [-0.4, -0.2) is 22.2 Å². The van der Waals surface area contributed by atoms with E-state index in [2.05, 4.69) is 10.3 Å². The number of aromatic nitrogens is 1. The number of nitrogens with one attached hydrogen (secondary N) is 1. The predicted octanol–water partition coefficient (Wildman–Crippen LogP) is 5.07. The number of nitrogens with zero attached hydrogens (tertiary/aromatic N) is 1. The Bertz CT molecular complexity index is 1090. The van der Waals surface area contributed by atoms with E-state index in [4.69, 9.17) is 0 Å². The third-order valence-corrected chi connectivity index (χ3v) is 5.48. The average molecular weight is 426 g/mol. The first kappa shape index (κ1) is 21.1. The summed E-state index contributed by atoms with van der Waals surface area (Å²) in [4.78, 5) is 17.3. The van der Waals surface area contributed by atoms with Gasteiger partial charge in [-0.3, -0.25) is 9.78 Å². The molecular formula is C24H21F3N2O2. The third-order valence-electron chi connectivity index (χ3n) is 5.48. The molecule has 0 aliphatic heterocycles. The number of hydrogen-bond acceptors (Lipinski definition) is 3. The highest BCUT2D eigenvalue weighted by Crippen LogP contribution is 2.45. The lowest BCUT2D eigenvalue weighted by atomic mass is 9.98. The van der Waals surface area contributed by atoms with Crippen LogP contribution in [0.3, 0.4) is 0 Å². The minimum absolute atomic E-state index is 0.0420. The van der Waals surface area contributed by atoms with E-state index >= 15 is 0 Å². The maximum Gasteiger partial charge on any atom is 0.418 e. The van der Waals surface area contributed by atoms with Crippen LogP contribution < -0.4 is 5.32 Å². The van der Waals surface area contributed by atoms with E-state index in [0.29, 0.717) is 11.3 Å². The Morgan fingerprint density at radius 1 is 1.10 bits per heavy atom. The largest absolute Gasteiger partial charge is 0.418 e. The van der Waals surface area contributed by atoms with Gasteiger partial charge < -0.3 is 10.4 Å². The van der Waals surface area contributed by atoms with Gasteiger partial charge >= 0.3 is 6.18 Å². The molecule has 2 N–H and O–H groups in total. The first-order chi connectivity index (χ1) is 14.7. The molecule has 3 aromatic rings. The Balaban J connectivity index is 1.71. The summed E-state index contributed by atoms with van der Waals surface area (Å²) < 4.78 is 39.6. The van der Waals surface area contributed by atoms with Gasteiger partial charge in [0, 0.05) is 17.3 Å². The van der Waals surface area contributed by atoms with Crippen LogP contribution in [0, 0.1) is 6.92 Å². The van der Waals surface area contributed by atoms with Crippen molar-refractivity contribution in [2.75, 3.05) is 0 Å². The lowest BCUT2D eigenvalue weighted by Crippen LogP contribution is -2.35. The van der Waals surface area contributed by atoms with Crippen molar-refractivity contribution in [2.24, 2.45) is 0 Å². The zero-order chi connectivity index (χ0) is 22.2. The van der Waals surface area contributed by atoms with Gasteiger partial charge in [0.1, 0.15) is 0 Å². The molecule has 1 heterocycles. The van der Waals surface area contributed by atoms with Crippen LogP contribution in [0.25, 0.3) is 11.3 Å². The Kier molecular flexibility index (Phi) is 5.31. The summed E-state index contributed by atoms with van der Waals surface area (Å²) >= 11 is 0. The highest BCUT2D eigenvalue weighted by atomic mass is 19.4. The van der Waals surface area contributed by atoms with Crippen molar-refractivity contribution in [3.8, 4) is 11.3 Å². The molecule has 2 aromatic carbocycles. The quantitative estimate of drug-likeness (QED) is 0.599. The van der Waals surface area contributed by atoms with Gasteiger partial charge in [0.2, 0.25) is 0 Å². The van der Waals surface area contributed by atoms with Crippen molar-refractivity contribution in [3.05, 3.63) is 89.1 Å². The Hall–Kier alpha value is -3.19. The van der Waals surface area contributed by atoms with Gasteiger partial charge in [0.05, 0.1) is 11.2 Å². The molecule has 7 heteroatoms. The fourth-order valence-electron chi connectivity index (χ4n) is 3.57. The molecule has 31 heavy (non-hydrogen) atoms. The van der Waals surface area contributed by atoms with E-state index in [0.717, 1.165) is 30.0 Å². The normalized spacial score (nSPS) is 15.9. The molecule has 0 spiro atoms. The number of aliphatic hydroxyl groups excluding tert-OH is 1. The fourth-order valence-corrected chi connectivity index (χ4v) is 3.57. The van der Waals surface area contributed by atoms with E-state index in [1.54, 1.807) is 18.3 Å². The van der Waals surface area contributed by atoms with Crippen LogP contribution in [-0.2, 0) is 5.54 Å². The number of aliphatic hydroxyl groups is 1. The van der Waals surface area contributed by atoms with Crippen molar-refractivity contribution in [1.82, 2.24) is 10.3 Å². The van der Waals surface area contributed by atoms with E-state index in [1.165, 1.54) is 12.1 Å². The van der Waals surface area contributed by atoms with Gasteiger partial charge in [-0.25, -0.2) is 0 Å². The van der Waals surface area contributed by atoms with Gasteiger partial charge in [-0.1, -0.05) is 36.4 Å². The number of alkyl halides is 3. The van der Waals surface area contributed by atoms with Crippen molar-refractivity contribution in [1.29, 1.82) is 0 Å². The van der Waals surface area contributed by atoms with Crippen molar-refractivity contribution in [2.45, 2.75) is 37.6 Å². The van der Waals surface area contributed by atoms with Crippen molar-refractivity contribution in [3.63, 3.8) is 0 Å². The molecule has 4 nitrogen and oxygen atoms in total. The highest BCUT2D eigenvalue weighted by Gasteiger charge is 2.46. The maximum atomic E-state index is 13.2. The van der Waals surface area contributed by atoms with Crippen molar-refractivity contribution < 1.29 is 23.1 Å². The minimum Gasteiger partial charge on any atom is -0.379 e. The second kappa shape index (κ2) is 7.81. The molecule has 1 atom stereocenters. The summed E-state index contributed by atoms with van der Waals surface area (Å²) in [6.45, 7) is 1.85. The van der Waals surface area contributed by atoms with Crippen molar-refractivity contribution >= 4 is 5.91 Å². The minimum atomic E-state index is -4.85. The molecular weight excluding hydrogens is 405 g/mol. The van der Waals surface area contributed by atoms with E-state index in [1.807, 2.05) is 37.3 Å². The maximum absolute atomic E-state index is 13.2. The Morgan fingerprint density at radius 2 is 1.81 bits per heavy atom. The standard InChI is InChI=1S/C24H21F3N2O2/c1-15-7-8-20(28-14-15)16-11-17(21(30)24(25,26)27)13-18(12-16)22(31)29-23(9-10-23)19-5-3-2-4-6-19/h2-8,11-14,21,30H,9-10H2,1H3,(H,29,31). The molecule has 1 saturated carbocycles. The number of rotatable bonds is 5. The summed E-state index contributed by atoms with van der Waals surface area (Å²) in [6, 6.07) is 16.7. The van der Waals surface area contributed by atoms with Gasteiger partial charge in [-0.15, -0.1) is 0 Å². The molecule has 1 aliphatic carbocycles. The van der Waals surface area contributed by atoms with E-state index in [-0.39, 0.29) is 5.56 Å². The second-order valence-electron chi connectivity index (χ2n) is 7.91. The SMILES string of the molecule is Cc1ccc(-c2cc(C(=O)NC3(c4ccccc4)CC3)cc(C(O)C(F)(F)F)c2)nc1. The number of pyridine rings is 1. The number of benzene rings is 2. The number of hydrogen-bond donors (Lipinski definition) is 2. The molecule has 0 saturated heterocycles. The zero-order valence-corrected chi connectivity index (χ0v) is 16.8. The van der Waals surface area contributed by atoms with Crippen LogP contribution in [0.15, 0.2) is 66.9 Å². The fraction of sp³-hybridized carbons (Fsp3) is 0.250. The van der Waals surface area contributed by atoms with Gasteiger partial charge in [0.25, 0.3) is 5.91 Å². The third kappa shape index (κ3) is 4.46. The summed E-state index contributed by atoms with van der Waals surface area (Å²) in [7, 11) is 0. The number of carbonyl (C=O) groups is 1. The van der Waals surface area contributed by atoms with Crippen LogP contribution in [0.4, 0.5) is 13.2 Å². The first-order valence-corrected chi connectivity index (χ1v) is 9.89. The molecule has 4 rings (SSSR count). The van der Waals surface area contributed by atoms with Gasteiger partial charge in [0.15, 0.2) is 6.10 Å². The lowest BCUT2D eigenvalue weighted by molar-refractivity contribution is -0.206.